The molecule has 1 aliphatic rings. The Balaban J connectivity index is 0.00000274. The molecule has 0 fully saturated rings. The summed E-state index contributed by atoms with van der Waals surface area (Å²) in [6.07, 6.45) is 0. The van der Waals surface area contributed by atoms with Gasteiger partial charge >= 0.3 is 0 Å². The fourth-order valence-corrected chi connectivity index (χ4v) is 5.03. The predicted molar refractivity (Wildman–Crippen MR) is 139 cm³/mol. The second-order valence-corrected chi connectivity index (χ2v) is 8.52. The van der Waals surface area contributed by atoms with Gasteiger partial charge in [-0.05, 0) is 42.2 Å². The molecule has 1 unspecified atom stereocenters. The van der Waals surface area contributed by atoms with Crippen LogP contribution in [0.3, 0.4) is 0 Å². The second-order valence-electron chi connectivity index (χ2n) is 8.52. The second kappa shape index (κ2) is 10.9. The van der Waals surface area contributed by atoms with E-state index in [1.54, 1.807) is 0 Å². The highest BCUT2D eigenvalue weighted by Gasteiger charge is 2.36. The van der Waals surface area contributed by atoms with Gasteiger partial charge in [0.05, 0.1) is 6.54 Å². The molecule has 0 amide bonds. The summed E-state index contributed by atoms with van der Waals surface area (Å²) in [6, 6.07) is 39.3. The summed E-state index contributed by atoms with van der Waals surface area (Å²) in [5, 5.41) is 0. The molecule has 34 heavy (non-hydrogen) atoms. The topological polar surface area (TPSA) is 7.68 Å². The van der Waals surface area contributed by atoms with Gasteiger partial charge in [0.25, 0.3) is 0 Å². The van der Waals surface area contributed by atoms with Gasteiger partial charge in [-0.15, -0.1) is 0 Å². The lowest BCUT2D eigenvalue weighted by Crippen LogP contribution is -3.08. The Kier molecular flexibility index (Phi) is 7.66. The van der Waals surface area contributed by atoms with Crippen LogP contribution in [-0.4, -0.2) is 24.7 Å². The summed E-state index contributed by atoms with van der Waals surface area (Å²) in [7, 11) is 0. The summed E-state index contributed by atoms with van der Waals surface area (Å²) in [4.78, 5) is 4.07. The first-order chi connectivity index (χ1) is 16.3. The normalized spacial score (nSPS) is 15.4. The molecule has 1 aliphatic heterocycles. The van der Waals surface area contributed by atoms with Gasteiger partial charge in [-0.25, -0.2) is 0 Å². The van der Waals surface area contributed by atoms with Gasteiger partial charge in [0, 0.05) is 17.7 Å². The van der Waals surface area contributed by atoms with Crippen LogP contribution in [0, 0.1) is 0 Å². The minimum Gasteiger partial charge on any atom is -1.00 e. The number of nitrogens with one attached hydrogen (secondary N) is 1. The highest BCUT2D eigenvalue weighted by Crippen LogP contribution is 2.38. The van der Waals surface area contributed by atoms with Gasteiger partial charge in [-0.1, -0.05) is 103 Å². The maximum Gasteiger partial charge on any atom is 0.165 e. The zero-order valence-corrected chi connectivity index (χ0v) is 21.4. The summed E-state index contributed by atoms with van der Waals surface area (Å²) in [5.74, 6) is 0. The van der Waals surface area contributed by atoms with Crippen LogP contribution in [0.5, 0.6) is 0 Å². The van der Waals surface area contributed by atoms with Crippen molar-refractivity contribution in [3.8, 4) is 22.3 Å². The van der Waals surface area contributed by atoms with E-state index >= 15 is 0 Å². The van der Waals surface area contributed by atoms with E-state index in [1.807, 2.05) is 0 Å². The summed E-state index contributed by atoms with van der Waals surface area (Å²) >= 11 is 0. The number of benzene rings is 4. The van der Waals surface area contributed by atoms with Gasteiger partial charge in [0.2, 0.25) is 0 Å². The number of hydrogen-bond donors (Lipinski definition) is 1. The van der Waals surface area contributed by atoms with Crippen molar-refractivity contribution in [2.24, 2.45) is 0 Å². The molecular weight excluding hydrogens is 480 g/mol. The standard InChI is InChI=1S/C31H30N2.BrH/c1-3-32-23-33(4-2)31(29-22-14-12-20-27(29)25-17-9-6-10-18-25)30(32)28-21-13-11-19-26(28)24-15-7-5-8-16-24;/h5-22H,3-4,23H2,1-2H3;1H. The third kappa shape index (κ3) is 4.46. The van der Waals surface area contributed by atoms with Gasteiger partial charge in [0.1, 0.15) is 5.70 Å². The van der Waals surface area contributed by atoms with Gasteiger partial charge < -0.3 is 21.9 Å². The zero-order valence-electron chi connectivity index (χ0n) is 19.8. The molecule has 0 aliphatic carbocycles. The Morgan fingerprint density at radius 3 is 1.53 bits per heavy atom. The Hall–Kier alpha value is -3.14. The molecule has 0 aromatic heterocycles. The van der Waals surface area contributed by atoms with E-state index in [4.69, 9.17) is 0 Å². The van der Waals surface area contributed by atoms with Crippen molar-refractivity contribution in [1.29, 1.82) is 0 Å². The summed E-state index contributed by atoms with van der Waals surface area (Å²) in [6.45, 7) is 7.58. The first-order valence-electron chi connectivity index (χ1n) is 12.0. The first-order valence-corrected chi connectivity index (χ1v) is 12.0. The Labute approximate surface area is 213 Å². The van der Waals surface area contributed by atoms with Crippen LogP contribution in [0.15, 0.2) is 109 Å². The number of nitrogens with zero attached hydrogens (tertiary/aromatic N) is 1. The van der Waals surface area contributed by atoms with Crippen LogP contribution in [0.1, 0.15) is 25.0 Å². The third-order valence-electron chi connectivity index (χ3n) is 6.64. The van der Waals surface area contributed by atoms with Gasteiger partial charge in [-0.2, -0.15) is 0 Å². The molecular formula is C31H31BrN2. The zero-order chi connectivity index (χ0) is 22.6. The molecule has 0 radical (unpaired) electrons. The van der Waals surface area contributed by atoms with E-state index in [1.165, 1.54) is 49.7 Å². The predicted octanol–water partition coefficient (Wildman–Crippen LogP) is 3.05. The van der Waals surface area contributed by atoms with E-state index < -0.39 is 0 Å². The fraction of sp³-hybridized carbons (Fsp3) is 0.161. The Morgan fingerprint density at radius 1 is 0.588 bits per heavy atom. The lowest BCUT2D eigenvalue weighted by molar-refractivity contribution is -0.826. The molecule has 4 aromatic rings. The quantitative estimate of drug-likeness (QED) is 0.418. The van der Waals surface area contributed by atoms with Crippen LogP contribution in [0.25, 0.3) is 33.6 Å². The maximum atomic E-state index is 2.55. The monoisotopic (exact) mass is 510 g/mol. The van der Waals surface area contributed by atoms with Crippen molar-refractivity contribution < 1.29 is 21.9 Å². The molecule has 1 heterocycles. The highest BCUT2D eigenvalue weighted by molar-refractivity contribution is 5.95. The number of rotatable bonds is 6. The highest BCUT2D eigenvalue weighted by atomic mass is 79.9. The van der Waals surface area contributed by atoms with E-state index in [-0.39, 0.29) is 17.0 Å². The molecule has 1 N–H and O–H groups in total. The van der Waals surface area contributed by atoms with E-state index in [2.05, 4.69) is 128 Å². The van der Waals surface area contributed by atoms with Crippen molar-refractivity contribution in [1.82, 2.24) is 4.90 Å². The third-order valence-corrected chi connectivity index (χ3v) is 6.64. The number of quaternary nitrogens is 1. The van der Waals surface area contributed by atoms with Crippen LogP contribution >= 0.6 is 0 Å². The largest absolute Gasteiger partial charge is 1.00 e. The average Bonchev–Trinajstić information content (AvgIpc) is 3.28. The minimum absolute atomic E-state index is 0. The Bertz CT molecular complexity index is 1170. The SMILES string of the molecule is CCN1C[NH+](CC)C(c2ccccc2-c2ccccc2)=C1c1ccccc1-c1ccccc1.[Br-]. The van der Waals surface area contributed by atoms with Gasteiger partial charge in [0.15, 0.2) is 12.4 Å². The number of hydrogen-bond acceptors (Lipinski definition) is 1. The summed E-state index contributed by atoms with van der Waals surface area (Å²) in [5.41, 5.74) is 10.5. The molecule has 5 rings (SSSR count). The minimum atomic E-state index is 0. The lowest BCUT2D eigenvalue weighted by atomic mass is 9.92. The Morgan fingerprint density at radius 2 is 1.03 bits per heavy atom. The number of halogens is 1. The van der Waals surface area contributed by atoms with Crippen LogP contribution < -0.4 is 21.9 Å². The van der Waals surface area contributed by atoms with E-state index in [0.29, 0.717) is 0 Å². The molecule has 0 saturated heterocycles. The van der Waals surface area contributed by atoms with Crippen LogP contribution in [0.4, 0.5) is 0 Å². The van der Waals surface area contributed by atoms with Crippen molar-refractivity contribution in [3.63, 3.8) is 0 Å². The van der Waals surface area contributed by atoms with Gasteiger partial charge in [-0.3, -0.25) is 4.90 Å². The molecule has 2 nitrogen and oxygen atoms in total. The van der Waals surface area contributed by atoms with Crippen molar-refractivity contribution in [2.75, 3.05) is 19.8 Å². The average molecular weight is 512 g/mol. The molecule has 0 bridgehead atoms. The van der Waals surface area contributed by atoms with E-state index in [0.717, 1.165) is 19.8 Å². The smallest absolute Gasteiger partial charge is 0.165 e. The maximum absolute atomic E-state index is 2.55. The molecule has 0 saturated carbocycles. The first kappa shape index (κ1) is 24.0. The molecule has 172 valence electrons. The molecule has 3 heteroatoms. The summed E-state index contributed by atoms with van der Waals surface area (Å²) < 4.78 is 0. The lowest BCUT2D eigenvalue weighted by Gasteiger charge is -2.20. The van der Waals surface area contributed by atoms with E-state index in [9.17, 15) is 0 Å². The van der Waals surface area contributed by atoms with Crippen molar-refractivity contribution in [3.05, 3.63) is 120 Å². The molecule has 4 aromatic carbocycles. The molecule has 1 atom stereocenters. The van der Waals surface area contributed by atoms with Crippen LogP contribution in [0.2, 0.25) is 0 Å². The fourth-order valence-electron chi connectivity index (χ4n) is 5.03. The van der Waals surface area contributed by atoms with Crippen molar-refractivity contribution in [2.45, 2.75) is 13.8 Å². The van der Waals surface area contributed by atoms with Crippen LogP contribution in [-0.2, 0) is 0 Å². The molecule has 0 spiro atoms. The van der Waals surface area contributed by atoms with Crippen molar-refractivity contribution >= 4 is 11.4 Å².